The molecule has 1 aromatic carbocycles. The van der Waals surface area contributed by atoms with Gasteiger partial charge in [-0.05, 0) is 40.1 Å². The molecule has 0 radical (unpaired) electrons. The topological polar surface area (TPSA) is 50.7 Å². The number of aromatic nitrogens is 3. The zero-order valence-corrected chi connectivity index (χ0v) is 11.5. The van der Waals surface area contributed by atoms with Crippen molar-refractivity contribution in [1.29, 1.82) is 0 Å². The minimum Gasteiger partial charge on any atom is -0.324 e. The van der Waals surface area contributed by atoms with Gasteiger partial charge in [-0.2, -0.15) is 0 Å². The quantitative estimate of drug-likeness (QED) is 0.722. The summed E-state index contributed by atoms with van der Waals surface area (Å²) in [7, 11) is 0. The summed E-state index contributed by atoms with van der Waals surface area (Å²) in [6, 6.07) is 8.02. The number of halogens is 1. The number of hydrogen-bond donors (Lipinski definition) is 1. The summed E-state index contributed by atoms with van der Waals surface area (Å²) >= 11 is 2.18. The zero-order valence-electron chi connectivity index (χ0n) is 9.34. The number of anilines is 2. The molecule has 0 aliphatic carbocycles. The van der Waals surface area contributed by atoms with Gasteiger partial charge in [-0.15, -0.1) is 0 Å². The van der Waals surface area contributed by atoms with Gasteiger partial charge < -0.3 is 5.32 Å². The van der Waals surface area contributed by atoms with Gasteiger partial charge in [0.1, 0.15) is 0 Å². The van der Waals surface area contributed by atoms with Crippen LogP contribution < -0.4 is 5.32 Å². The fourth-order valence-corrected chi connectivity index (χ4v) is 2.00. The highest BCUT2D eigenvalue weighted by Gasteiger charge is 2.02. The van der Waals surface area contributed by atoms with Gasteiger partial charge in [0, 0.05) is 33.7 Å². The van der Waals surface area contributed by atoms with E-state index in [0.717, 1.165) is 20.0 Å². The Kier molecular flexibility index (Phi) is 3.06. The number of nitrogens with zero attached hydrogens (tertiary/aromatic N) is 3. The van der Waals surface area contributed by atoms with E-state index >= 15 is 0 Å². The summed E-state index contributed by atoms with van der Waals surface area (Å²) in [5, 5.41) is 5.41. The van der Waals surface area contributed by atoms with Gasteiger partial charge in [0.25, 0.3) is 0 Å². The van der Waals surface area contributed by atoms with Crippen LogP contribution in [0.15, 0.2) is 49.1 Å². The summed E-state index contributed by atoms with van der Waals surface area (Å²) in [6.45, 7) is 0. The van der Waals surface area contributed by atoms with E-state index in [1.165, 1.54) is 0 Å². The van der Waals surface area contributed by atoms with Gasteiger partial charge in [0.15, 0.2) is 0 Å². The average molecular weight is 348 g/mol. The lowest BCUT2D eigenvalue weighted by atomic mass is 10.1. The average Bonchev–Trinajstić information content (AvgIpc) is 2.42. The maximum Gasteiger partial charge on any atom is 0.227 e. The fourth-order valence-electron chi connectivity index (χ4n) is 1.72. The van der Waals surface area contributed by atoms with Gasteiger partial charge in [0.05, 0.1) is 5.69 Å². The summed E-state index contributed by atoms with van der Waals surface area (Å²) in [5.74, 6) is 0.590. The highest BCUT2D eigenvalue weighted by atomic mass is 127. The fraction of sp³-hybridized carbons (Fsp3) is 0. The first-order valence-corrected chi connectivity index (χ1v) is 6.48. The van der Waals surface area contributed by atoms with Crippen LogP contribution in [0.5, 0.6) is 0 Å². The van der Waals surface area contributed by atoms with Crippen LogP contribution in [0.3, 0.4) is 0 Å². The van der Waals surface area contributed by atoms with E-state index in [9.17, 15) is 0 Å². The number of benzene rings is 1. The lowest BCUT2D eigenvalue weighted by Gasteiger charge is -2.07. The Labute approximate surface area is 118 Å². The van der Waals surface area contributed by atoms with Crippen LogP contribution in [0.4, 0.5) is 11.6 Å². The smallest absolute Gasteiger partial charge is 0.227 e. The summed E-state index contributed by atoms with van der Waals surface area (Å²) in [5.41, 5.74) is 0.960. The molecule has 0 aliphatic heterocycles. The van der Waals surface area contributed by atoms with Gasteiger partial charge in [-0.3, -0.25) is 4.98 Å². The van der Waals surface area contributed by atoms with Crippen molar-refractivity contribution in [3.05, 3.63) is 52.6 Å². The minimum absolute atomic E-state index is 0.590. The molecule has 0 saturated carbocycles. The molecule has 0 atom stereocenters. The van der Waals surface area contributed by atoms with Crippen LogP contribution in [-0.2, 0) is 0 Å². The van der Waals surface area contributed by atoms with E-state index in [-0.39, 0.29) is 0 Å². The second-order valence-corrected chi connectivity index (χ2v) is 5.00. The van der Waals surface area contributed by atoms with Crippen LogP contribution in [0.25, 0.3) is 10.8 Å². The van der Waals surface area contributed by atoms with Crippen molar-refractivity contribution in [2.45, 2.75) is 0 Å². The van der Waals surface area contributed by atoms with Crippen LogP contribution in [0.1, 0.15) is 0 Å². The molecular formula is C13H9IN4. The van der Waals surface area contributed by atoms with Gasteiger partial charge in [-0.1, -0.05) is 12.1 Å². The van der Waals surface area contributed by atoms with Crippen molar-refractivity contribution in [2.75, 3.05) is 5.32 Å². The molecule has 4 nitrogen and oxygen atoms in total. The Morgan fingerprint density at radius 2 is 1.83 bits per heavy atom. The first kappa shape index (κ1) is 11.3. The predicted octanol–water partition coefficient (Wildman–Crippen LogP) is 3.37. The lowest BCUT2D eigenvalue weighted by molar-refractivity contribution is 1.15. The molecule has 2 aromatic heterocycles. The first-order valence-electron chi connectivity index (χ1n) is 5.40. The third-order valence-corrected chi connectivity index (χ3v) is 3.11. The molecule has 1 N–H and O–H groups in total. The Morgan fingerprint density at radius 3 is 2.67 bits per heavy atom. The molecule has 0 spiro atoms. The summed E-state index contributed by atoms with van der Waals surface area (Å²) in [6.07, 6.45) is 7.18. The Bertz CT molecular complexity index is 677. The van der Waals surface area contributed by atoms with E-state index in [1.807, 2.05) is 24.4 Å². The zero-order chi connectivity index (χ0) is 12.4. The molecular weight excluding hydrogens is 339 g/mol. The molecule has 0 bridgehead atoms. The number of pyridine rings is 1. The van der Waals surface area contributed by atoms with Crippen molar-refractivity contribution in [1.82, 2.24) is 15.0 Å². The van der Waals surface area contributed by atoms with Crippen LogP contribution >= 0.6 is 22.6 Å². The van der Waals surface area contributed by atoms with Crippen molar-refractivity contribution < 1.29 is 0 Å². The van der Waals surface area contributed by atoms with Crippen LogP contribution in [0, 0.1) is 3.57 Å². The monoisotopic (exact) mass is 348 g/mol. The van der Waals surface area contributed by atoms with E-state index in [1.54, 1.807) is 18.6 Å². The SMILES string of the molecule is Ic1cnc(Nc2cccc3ccncc23)nc1. The normalized spacial score (nSPS) is 10.5. The third kappa shape index (κ3) is 2.26. The van der Waals surface area contributed by atoms with Crippen LogP contribution in [0.2, 0.25) is 0 Å². The molecule has 0 fully saturated rings. The van der Waals surface area contributed by atoms with Crippen LogP contribution in [-0.4, -0.2) is 15.0 Å². The molecule has 18 heavy (non-hydrogen) atoms. The van der Waals surface area contributed by atoms with E-state index in [2.05, 4.69) is 48.9 Å². The van der Waals surface area contributed by atoms with Crippen molar-refractivity contribution in [3.63, 3.8) is 0 Å². The number of nitrogens with one attached hydrogen (secondary N) is 1. The molecule has 3 rings (SSSR count). The maximum absolute atomic E-state index is 4.23. The molecule has 88 valence electrons. The Morgan fingerprint density at radius 1 is 1.00 bits per heavy atom. The van der Waals surface area contributed by atoms with E-state index in [0.29, 0.717) is 5.95 Å². The van der Waals surface area contributed by atoms with Gasteiger partial charge >= 0.3 is 0 Å². The molecule has 0 aliphatic rings. The van der Waals surface area contributed by atoms with Crippen molar-refractivity contribution in [2.24, 2.45) is 0 Å². The van der Waals surface area contributed by atoms with E-state index < -0.39 is 0 Å². The minimum atomic E-state index is 0.590. The number of fused-ring (bicyclic) bond motifs is 1. The molecule has 5 heteroatoms. The second kappa shape index (κ2) is 4.85. The highest BCUT2D eigenvalue weighted by Crippen LogP contribution is 2.24. The molecule has 0 unspecified atom stereocenters. The maximum atomic E-state index is 4.23. The lowest BCUT2D eigenvalue weighted by Crippen LogP contribution is -1.97. The van der Waals surface area contributed by atoms with Crippen molar-refractivity contribution >= 4 is 45.0 Å². The Balaban J connectivity index is 2.02. The Hall–Kier alpha value is -1.76. The van der Waals surface area contributed by atoms with Gasteiger partial charge in [0.2, 0.25) is 5.95 Å². The third-order valence-electron chi connectivity index (χ3n) is 2.55. The largest absolute Gasteiger partial charge is 0.324 e. The predicted molar refractivity (Wildman–Crippen MR) is 79.8 cm³/mol. The van der Waals surface area contributed by atoms with Gasteiger partial charge in [-0.25, -0.2) is 9.97 Å². The summed E-state index contributed by atoms with van der Waals surface area (Å²) in [4.78, 5) is 12.6. The second-order valence-electron chi connectivity index (χ2n) is 3.75. The molecule has 3 aromatic rings. The van der Waals surface area contributed by atoms with E-state index in [4.69, 9.17) is 0 Å². The molecule has 2 heterocycles. The van der Waals surface area contributed by atoms with Crippen molar-refractivity contribution in [3.8, 4) is 0 Å². The summed E-state index contributed by atoms with van der Waals surface area (Å²) < 4.78 is 1.01. The first-order chi connectivity index (χ1) is 8.83. The number of rotatable bonds is 2. The molecule has 0 saturated heterocycles. The number of hydrogen-bond acceptors (Lipinski definition) is 4. The molecule has 0 amide bonds. The standard InChI is InChI=1S/C13H9IN4/c14-10-6-16-13(17-7-10)18-12-3-1-2-9-4-5-15-8-11(9)12/h1-8H,(H,16,17,18). The highest BCUT2D eigenvalue weighted by molar-refractivity contribution is 14.1.